The highest BCUT2D eigenvalue weighted by atomic mass is 14.9. The van der Waals surface area contributed by atoms with Gasteiger partial charge >= 0.3 is 0 Å². The first kappa shape index (κ1) is 12.9. The van der Waals surface area contributed by atoms with Crippen LogP contribution in [0.25, 0.3) is 11.6 Å². The lowest BCUT2D eigenvalue weighted by molar-refractivity contribution is 1.25. The number of allylic oxidation sites excluding steroid dienone is 6. The molecule has 0 heterocycles. The topological polar surface area (TPSA) is 12.0 Å². The number of rotatable bonds is 2. The zero-order valence-electron chi connectivity index (χ0n) is 12.3. The van der Waals surface area contributed by atoms with E-state index in [4.69, 9.17) is 0 Å². The maximum atomic E-state index is 3.58. The molecule has 1 N–H and O–H groups in total. The van der Waals surface area contributed by atoms with E-state index in [9.17, 15) is 0 Å². The molecular weight excluding hydrogens is 266 g/mol. The molecule has 4 rings (SSSR count). The van der Waals surface area contributed by atoms with Gasteiger partial charge in [0.05, 0.1) is 0 Å². The average Bonchev–Trinajstić information content (AvgIpc) is 2.89. The van der Waals surface area contributed by atoms with E-state index in [-0.39, 0.29) is 0 Å². The molecule has 0 unspecified atom stereocenters. The minimum atomic E-state index is 0.954. The Morgan fingerprint density at radius 1 is 0.727 bits per heavy atom. The van der Waals surface area contributed by atoms with Crippen LogP contribution >= 0.6 is 0 Å². The van der Waals surface area contributed by atoms with Crippen LogP contribution in [-0.4, -0.2) is 0 Å². The van der Waals surface area contributed by atoms with Gasteiger partial charge in [0.2, 0.25) is 0 Å². The fourth-order valence-corrected chi connectivity index (χ4v) is 2.99. The lowest BCUT2D eigenvalue weighted by atomic mass is 9.97. The molecule has 2 aromatic carbocycles. The minimum absolute atomic E-state index is 0.954. The van der Waals surface area contributed by atoms with Gasteiger partial charge in [-0.25, -0.2) is 0 Å². The van der Waals surface area contributed by atoms with Crippen LogP contribution in [0.15, 0.2) is 90.2 Å². The van der Waals surface area contributed by atoms with Gasteiger partial charge in [-0.05, 0) is 40.5 Å². The quantitative estimate of drug-likeness (QED) is 0.775. The fraction of sp³-hybridized carbons (Fsp3) is 0.0476. The van der Waals surface area contributed by atoms with E-state index < -0.39 is 0 Å². The number of nitrogens with one attached hydrogen (secondary N) is 1. The molecular formula is C21H17N. The van der Waals surface area contributed by atoms with Gasteiger partial charge < -0.3 is 5.32 Å². The highest BCUT2D eigenvalue weighted by Crippen LogP contribution is 2.35. The van der Waals surface area contributed by atoms with E-state index >= 15 is 0 Å². The van der Waals surface area contributed by atoms with Gasteiger partial charge in [0, 0.05) is 17.8 Å². The van der Waals surface area contributed by atoms with Gasteiger partial charge in [0.15, 0.2) is 0 Å². The molecule has 2 aromatic rings. The summed E-state index contributed by atoms with van der Waals surface area (Å²) in [6, 6.07) is 19.0. The van der Waals surface area contributed by atoms with E-state index in [0.717, 1.165) is 12.1 Å². The SMILES string of the molecule is C1=CC=C2CC(=C1)C(Nc1ccccc1)=Cc1ccccc12. The Morgan fingerprint density at radius 2 is 1.45 bits per heavy atom. The van der Waals surface area contributed by atoms with E-state index in [2.05, 4.69) is 84.2 Å². The molecule has 2 aliphatic carbocycles. The second-order valence-corrected chi connectivity index (χ2v) is 5.58. The number of para-hydroxylation sites is 1. The molecule has 0 radical (unpaired) electrons. The monoisotopic (exact) mass is 283 g/mol. The summed E-state index contributed by atoms with van der Waals surface area (Å²) in [7, 11) is 0. The molecule has 0 aliphatic heterocycles. The van der Waals surface area contributed by atoms with Crippen molar-refractivity contribution in [2.24, 2.45) is 0 Å². The summed E-state index contributed by atoms with van der Waals surface area (Å²) in [5, 5.41) is 3.58. The summed E-state index contributed by atoms with van der Waals surface area (Å²) in [5.41, 5.74) is 7.58. The van der Waals surface area contributed by atoms with Crippen LogP contribution in [0, 0.1) is 0 Å². The summed E-state index contributed by atoms with van der Waals surface area (Å²) in [6.07, 6.45) is 11.9. The van der Waals surface area contributed by atoms with Crippen LogP contribution in [-0.2, 0) is 0 Å². The zero-order chi connectivity index (χ0) is 14.8. The summed E-state index contributed by atoms with van der Waals surface area (Å²) in [6.45, 7) is 0. The molecule has 0 amide bonds. The van der Waals surface area contributed by atoms with Gasteiger partial charge in [-0.1, -0.05) is 66.8 Å². The van der Waals surface area contributed by atoms with Crippen molar-refractivity contribution in [3.8, 4) is 0 Å². The average molecular weight is 283 g/mol. The first-order valence-corrected chi connectivity index (χ1v) is 7.60. The smallest absolute Gasteiger partial charge is 0.0426 e. The Labute approximate surface area is 131 Å². The Balaban J connectivity index is 1.83. The number of benzene rings is 2. The molecule has 1 nitrogen and oxygen atoms in total. The molecule has 1 heteroatoms. The maximum absolute atomic E-state index is 3.58. The van der Waals surface area contributed by atoms with Crippen LogP contribution in [0.1, 0.15) is 17.5 Å². The van der Waals surface area contributed by atoms with E-state index in [1.807, 2.05) is 6.07 Å². The van der Waals surface area contributed by atoms with E-state index in [1.54, 1.807) is 0 Å². The number of anilines is 1. The van der Waals surface area contributed by atoms with Crippen molar-refractivity contribution in [3.63, 3.8) is 0 Å². The van der Waals surface area contributed by atoms with E-state index in [0.29, 0.717) is 0 Å². The molecule has 2 aliphatic rings. The first-order valence-electron chi connectivity index (χ1n) is 7.60. The summed E-state index contributed by atoms with van der Waals surface area (Å²) in [4.78, 5) is 0. The highest BCUT2D eigenvalue weighted by molar-refractivity contribution is 5.83. The molecule has 0 fully saturated rings. The van der Waals surface area contributed by atoms with Crippen LogP contribution < -0.4 is 5.32 Å². The van der Waals surface area contributed by atoms with Gasteiger partial charge in [-0.2, -0.15) is 0 Å². The fourth-order valence-electron chi connectivity index (χ4n) is 2.99. The predicted molar refractivity (Wildman–Crippen MR) is 94.3 cm³/mol. The van der Waals surface area contributed by atoms with Crippen LogP contribution in [0.4, 0.5) is 5.69 Å². The third-order valence-electron chi connectivity index (χ3n) is 4.09. The van der Waals surface area contributed by atoms with Crippen molar-refractivity contribution in [3.05, 3.63) is 101 Å². The largest absolute Gasteiger partial charge is 0.355 e. The number of hydrogen-bond acceptors (Lipinski definition) is 1. The maximum Gasteiger partial charge on any atom is 0.0426 e. The van der Waals surface area contributed by atoms with Crippen LogP contribution in [0.2, 0.25) is 0 Å². The Bertz CT molecular complexity index is 820. The summed E-state index contributed by atoms with van der Waals surface area (Å²) < 4.78 is 0. The summed E-state index contributed by atoms with van der Waals surface area (Å²) >= 11 is 0. The van der Waals surface area contributed by atoms with Crippen LogP contribution in [0.5, 0.6) is 0 Å². The second-order valence-electron chi connectivity index (χ2n) is 5.58. The Hall–Kier alpha value is -2.80. The lowest BCUT2D eigenvalue weighted by Crippen LogP contribution is -2.01. The van der Waals surface area contributed by atoms with Gasteiger partial charge in [0.1, 0.15) is 0 Å². The zero-order valence-corrected chi connectivity index (χ0v) is 12.3. The van der Waals surface area contributed by atoms with Crippen molar-refractivity contribution < 1.29 is 0 Å². The standard InChI is InChI=1S/C21H17N/c1-2-11-19(12-3-1)22-21-15-17-9-6-7-13-20(17)16-8-4-5-10-18(21)14-16/h1-13,15,22H,14H2. The number of fused-ring (bicyclic) bond motifs is 4. The van der Waals surface area contributed by atoms with Crippen LogP contribution in [0.3, 0.4) is 0 Å². The third kappa shape index (κ3) is 2.42. The predicted octanol–water partition coefficient (Wildman–Crippen LogP) is 5.42. The molecule has 0 aromatic heterocycles. The molecule has 0 atom stereocenters. The third-order valence-corrected chi connectivity index (χ3v) is 4.09. The molecule has 0 spiro atoms. The normalized spacial score (nSPS) is 15.7. The summed E-state index contributed by atoms with van der Waals surface area (Å²) in [5.74, 6) is 0. The van der Waals surface area contributed by atoms with Crippen molar-refractivity contribution in [1.29, 1.82) is 0 Å². The van der Waals surface area contributed by atoms with Crippen molar-refractivity contribution in [2.75, 3.05) is 5.32 Å². The van der Waals surface area contributed by atoms with Gasteiger partial charge in [-0.15, -0.1) is 0 Å². The lowest BCUT2D eigenvalue weighted by Gasteiger charge is -2.13. The van der Waals surface area contributed by atoms with E-state index in [1.165, 1.54) is 28.0 Å². The first-order chi connectivity index (χ1) is 10.9. The second kappa shape index (κ2) is 5.53. The minimum Gasteiger partial charge on any atom is -0.355 e. The van der Waals surface area contributed by atoms with Crippen molar-refractivity contribution >= 4 is 17.3 Å². The Kier molecular flexibility index (Phi) is 3.24. The highest BCUT2D eigenvalue weighted by Gasteiger charge is 2.17. The molecule has 106 valence electrons. The van der Waals surface area contributed by atoms with Crippen molar-refractivity contribution in [2.45, 2.75) is 6.42 Å². The van der Waals surface area contributed by atoms with Gasteiger partial charge in [-0.3, -0.25) is 0 Å². The Morgan fingerprint density at radius 3 is 2.32 bits per heavy atom. The molecule has 2 bridgehead atoms. The molecule has 0 saturated heterocycles. The molecule has 22 heavy (non-hydrogen) atoms. The number of hydrogen-bond donors (Lipinski definition) is 1. The van der Waals surface area contributed by atoms with Crippen molar-refractivity contribution in [1.82, 2.24) is 0 Å². The van der Waals surface area contributed by atoms with Gasteiger partial charge in [0.25, 0.3) is 0 Å². The molecule has 0 saturated carbocycles.